The Labute approximate surface area is 298 Å². The predicted octanol–water partition coefficient (Wildman–Crippen LogP) is 14.1. The van der Waals surface area contributed by atoms with Gasteiger partial charge < -0.3 is 8.98 Å². The lowest BCUT2D eigenvalue weighted by molar-refractivity contribution is 0.671. The van der Waals surface area contributed by atoms with E-state index in [1.54, 1.807) is 0 Å². The highest BCUT2D eigenvalue weighted by Gasteiger charge is 2.19. The zero-order valence-electron chi connectivity index (χ0n) is 27.5. The average molecular weight is 668 g/mol. The molecule has 0 radical (unpaired) electrons. The molecule has 11 aromatic rings. The molecule has 0 unspecified atom stereocenters. The molecule has 0 amide bonds. The van der Waals surface area contributed by atoms with Gasteiger partial charge in [0.1, 0.15) is 5.58 Å². The van der Waals surface area contributed by atoms with Crippen molar-refractivity contribution in [1.82, 2.24) is 4.57 Å². The summed E-state index contributed by atoms with van der Waals surface area (Å²) in [6.07, 6.45) is 0. The van der Waals surface area contributed by atoms with Crippen LogP contribution in [0, 0.1) is 0 Å². The molecule has 3 heterocycles. The first-order chi connectivity index (χ1) is 25.3. The Morgan fingerprint density at radius 1 is 0.373 bits per heavy atom. The summed E-state index contributed by atoms with van der Waals surface area (Å²) < 4.78 is 11.6. The molecule has 0 saturated heterocycles. The first-order valence-electron chi connectivity index (χ1n) is 17.3. The van der Waals surface area contributed by atoms with Crippen LogP contribution >= 0.6 is 11.3 Å². The Bertz CT molecular complexity index is 3120. The Hall–Kier alpha value is -6.42. The lowest BCUT2D eigenvalue weighted by atomic mass is 9.96. The number of benzene rings is 8. The van der Waals surface area contributed by atoms with Crippen molar-refractivity contribution in [3.63, 3.8) is 0 Å². The molecule has 3 aromatic heterocycles. The third-order valence-electron chi connectivity index (χ3n) is 10.4. The Morgan fingerprint density at radius 3 is 1.75 bits per heavy atom. The fraction of sp³-hybridized carbons (Fsp3) is 0. The second-order valence-electron chi connectivity index (χ2n) is 13.3. The van der Waals surface area contributed by atoms with Crippen molar-refractivity contribution in [2.24, 2.45) is 0 Å². The number of rotatable bonds is 4. The van der Waals surface area contributed by atoms with Crippen LogP contribution in [0.5, 0.6) is 0 Å². The van der Waals surface area contributed by atoms with E-state index in [9.17, 15) is 0 Å². The molecule has 51 heavy (non-hydrogen) atoms. The largest absolute Gasteiger partial charge is 0.454 e. The summed E-state index contributed by atoms with van der Waals surface area (Å²) >= 11 is 1.86. The van der Waals surface area contributed by atoms with E-state index >= 15 is 0 Å². The van der Waals surface area contributed by atoms with Gasteiger partial charge in [-0.15, -0.1) is 11.3 Å². The minimum atomic E-state index is 0.912. The van der Waals surface area contributed by atoms with E-state index in [4.69, 9.17) is 4.42 Å². The van der Waals surface area contributed by atoms with Gasteiger partial charge in [0, 0.05) is 47.4 Å². The van der Waals surface area contributed by atoms with Crippen LogP contribution in [0.1, 0.15) is 0 Å². The first-order valence-corrected chi connectivity index (χ1v) is 18.1. The van der Waals surface area contributed by atoms with Crippen molar-refractivity contribution in [3.8, 4) is 39.1 Å². The fourth-order valence-electron chi connectivity index (χ4n) is 7.94. The van der Waals surface area contributed by atoms with Crippen molar-refractivity contribution < 1.29 is 4.42 Å². The molecule has 0 aliphatic heterocycles. The molecule has 238 valence electrons. The highest BCUT2D eigenvalue weighted by molar-refractivity contribution is 7.25. The van der Waals surface area contributed by atoms with E-state index in [1.807, 2.05) is 17.4 Å². The van der Waals surface area contributed by atoms with Gasteiger partial charge in [0.05, 0.1) is 11.0 Å². The number of nitrogens with zero attached hydrogens (tertiary/aromatic N) is 1. The highest BCUT2D eigenvalue weighted by atomic mass is 32.1. The monoisotopic (exact) mass is 667 g/mol. The Balaban J connectivity index is 0.949. The van der Waals surface area contributed by atoms with Crippen molar-refractivity contribution in [2.75, 3.05) is 0 Å². The summed E-state index contributed by atoms with van der Waals surface area (Å²) in [5.74, 6) is 0. The molecule has 0 aliphatic rings. The van der Waals surface area contributed by atoms with Crippen molar-refractivity contribution >= 4 is 75.3 Å². The normalized spacial score (nSPS) is 11.9. The van der Waals surface area contributed by atoms with Crippen LogP contribution in [0.4, 0.5) is 0 Å². The molecule has 0 aliphatic carbocycles. The summed E-state index contributed by atoms with van der Waals surface area (Å²) in [7, 11) is 0. The maximum atomic E-state index is 6.55. The summed E-state index contributed by atoms with van der Waals surface area (Å²) in [6.45, 7) is 0. The van der Waals surface area contributed by atoms with Gasteiger partial charge in [-0.3, -0.25) is 0 Å². The smallest absolute Gasteiger partial charge is 0.160 e. The van der Waals surface area contributed by atoms with Crippen LogP contribution in [-0.2, 0) is 0 Å². The van der Waals surface area contributed by atoms with Gasteiger partial charge in [0.2, 0.25) is 0 Å². The Kier molecular flexibility index (Phi) is 6.16. The zero-order chi connectivity index (χ0) is 33.5. The second-order valence-corrected chi connectivity index (χ2v) is 14.4. The quantitative estimate of drug-likeness (QED) is 0.183. The van der Waals surface area contributed by atoms with Crippen LogP contribution in [0.15, 0.2) is 180 Å². The predicted molar refractivity (Wildman–Crippen MR) is 217 cm³/mol. The molecule has 0 saturated carbocycles. The summed E-state index contributed by atoms with van der Waals surface area (Å²) in [6, 6.07) is 63.7. The van der Waals surface area contributed by atoms with E-state index in [0.29, 0.717) is 0 Å². The molecule has 0 bridgehead atoms. The molecular formula is C48H29NOS. The molecule has 0 N–H and O–H groups in total. The van der Waals surface area contributed by atoms with E-state index in [0.717, 1.165) is 33.1 Å². The van der Waals surface area contributed by atoms with Gasteiger partial charge in [-0.05, 0) is 88.0 Å². The summed E-state index contributed by atoms with van der Waals surface area (Å²) in [4.78, 5) is 0. The van der Waals surface area contributed by atoms with Crippen molar-refractivity contribution in [1.29, 1.82) is 0 Å². The SMILES string of the molecule is c1cc(-c2ccc(-c3ccc4sc5ccccc5c4c3)cc2)cc(-c2ccc(-n3c4ccccc4c4ccc5c6ccccc6oc5c43)cc2)c1. The van der Waals surface area contributed by atoms with Crippen LogP contribution in [0.2, 0.25) is 0 Å². The van der Waals surface area contributed by atoms with Crippen molar-refractivity contribution in [3.05, 3.63) is 176 Å². The van der Waals surface area contributed by atoms with Gasteiger partial charge in [0.25, 0.3) is 0 Å². The molecule has 11 rings (SSSR count). The summed E-state index contributed by atoms with van der Waals surface area (Å²) in [5, 5.41) is 7.36. The third kappa shape index (κ3) is 4.42. The lowest BCUT2D eigenvalue weighted by Gasteiger charge is -2.11. The van der Waals surface area contributed by atoms with E-state index < -0.39 is 0 Å². The van der Waals surface area contributed by atoms with Crippen LogP contribution in [-0.4, -0.2) is 4.57 Å². The lowest BCUT2D eigenvalue weighted by Crippen LogP contribution is -1.94. The minimum absolute atomic E-state index is 0.912. The molecule has 3 heteroatoms. The van der Waals surface area contributed by atoms with E-state index in [1.165, 1.54) is 69.8 Å². The van der Waals surface area contributed by atoms with E-state index in [2.05, 4.69) is 174 Å². The second kappa shape index (κ2) is 11.0. The number of aromatic nitrogens is 1. The van der Waals surface area contributed by atoms with Gasteiger partial charge in [-0.25, -0.2) is 0 Å². The van der Waals surface area contributed by atoms with Gasteiger partial charge >= 0.3 is 0 Å². The van der Waals surface area contributed by atoms with E-state index in [-0.39, 0.29) is 0 Å². The van der Waals surface area contributed by atoms with Gasteiger partial charge in [0.15, 0.2) is 5.58 Å². The van der Waals surface area contributed by atoms with Crippen molar-refractivity contribution in [2.45, 2.75) is 0 Å². The first kappa shape index (κ1) is 28.4. The zero-order valence-corrected chi connectivity index (χ0v) is 28.3. The molecular weight excluding hydrogens is 639 g/mol. The number of thiophene rings is 1. The van der Waals surface area contributed by atoms with Gasteiger partial charge in [-0.2, -0.15) is 0 Å². The molecule has 8 aromatic carbocycles. The Morgan fingerprint density at radius 2 is 0.961 bits per heavy atom. The number of hydrogen-bond acceptors (Lipinski definition) is 2. The van der Waals surface area contributed by atoms with Crippen LogP contribution < -0.4 is 0 Å². The van der Waals surface area contributed by atoms with Gasteiger partial charge in [-0.1, -0.05) is 121 Å². The maximum absolute atomic E-state index is 6.55. The maximum Gasteiger partial charge on any atom is 0.160 e. The molecule has 0 spiro atoms. The molecule has 0 fully saturated rings. The van der Waals surface area contributed by atoms with Crippen LogP contribution in [0.25, 0.3) is 103 Å². The molecule has 0 atom stereocenters. The topological polar surface area (TPSA) is 18.1 Å². The average Bonchev–Trinajstić information content (AvgIpc) is 3.87. The van der Waals surface area contributed by atoms with Crippen LogP contribution in [0.3, 0.4) is 0 Å². The third-order valence-corrected chi connectivity index (χ3v) is 11.6. The molecule has 2 nitrogen and oxygen atoms in total. The number of fused-ring (bicyclic) bond motifs is 10. The highest BCUT2D eigenvalue weighted by Crippen LogP contribution is 2.41. The number of para-hydroxylation sites is 2. The summed E-state index contributed by atoms with van der Waals surface area (Å²) in [5.41, 5.74) is 12.5. The minimum Gasteiger partial charge on any atom is -0.454 e. The fourth-order valence-corrected chi connectivity index (χ4v) is 9.03. The standard InChI is InChI=1S/C48H29NOS/c1-4-13-43-37(10-1)40-25-26-41-38-11-2-5-14-44(38)50-48(41)47(40)49(43)36-23-20-32(21-24-36)34-9-7-8-33(28-34)30-16-18-31(19-17-30)35-22-27-46-42(29-35)39-12-3-6-15-45(39)51-46/h1-29H. The number of furan rings is 1. The number of hydrogen-bond donors (Lipinski definition) is 0.